The SMILES string of the molecule is O=C(CC1CCN(C(=O)c2cc3ccccc3[nH]2)CC1)NCCCc1ccccc1. The van der Waals surface area contributed by atoms with Gasteiger partial charge in [0.25, 0.3) is 5.91 Å². The minimum absolute atomic E-state index is 0.0509. The maximum atomic E-state index is 12.8. The minimum atomic E-state index is 0.0509. The normalized spacial score (nSPS) is 14.7. The Kier molecular flexibility index (Phi) is 6.47. The maximum Gasteiger partial charge on any atom is 0.270 e. The molecule has 2 heterocycles. The van der Waals surface area contributed by atoms with E-state index in [1.54, 1.807) is 0 Å². The quantitative estimate of drug-likeness (QED) is 0.582. The molecule has 5 heteroatoms. The fraction of sp³-hybridized carbons (Fsp3) is 0.360. The number of para-hydroxylation sites is 1. The highest BCUT2D eigenvalue weighted by atomic mass is 16.2. The molecule has 4 rings (SSSR count). The number of carbonyl (C=O) groups excluding carboxylic acids is 2. The number of nitrogens with one attached hydrogen (secondary N) is 2. The minimum Gasteiger partial charge on any atom is -0.356 e. The zero-order valence-corrected chi connectivity index (χ0v) is 17.3. The number of aryl methyl sites for hydroxylation is 1. The van der Waals surface area contributed by atoms with Crippen LogP contribution in [0.2, 0.25) is 0 Å². The molecule has 2 aromatic carbocycles. The molecule has 5 nitrogen and oxygen atoms in total. The lowest BCUT2D eigenvalue weighted by Gasteiger charge is -2.31. The summed E-state index contributed by atoms with van der Waals surface area (Å²) in [6.07, 6.45) is 4.25. The number of H-pyrrole nitrogens is 1. The summed E-state index contributed by atoms with van der Waals surface area (Å²) < 4.78 is 0. The fourth-order valence-electron chi connectivity index (χ4n) is 4.20. The highest BCUT2D eigenvalue weighted by molar-refractivity contribution is 5.98. The third-order valence-corrected chi connectivity index (χ3v) is 5.94. The Balaban J connectivity index is 1.18. The van der Waals surface area contributed by atoms with Crippen LogP contribution in [-0.4, -0.2) is 41.3 Å². The molecule has 0 radical (unpaired) electrons. The van der Waals surface area contributed by atoms with Crippen molar-refractivity contribution in [3.63, 3.8) is 0 Å². The molecule has 0 aliphatic carbocycles. The highest BCUT2D eigenvalue weighted by Crippen LogP contribution is 2.23. The number of hydrogen-bond acceptors (Lipinski definition) is 2. The third kappa shape index (κ3) is 5.09. The van der Waals surface area contributed by atoms with Crippen LogP contribution in [0.25, 0.3) is 10.9 Å². The summed E-state index contributed by atoms with van der Waals surface area (Å²) in [6, 6.07) is 20.2. The summed E-state index contributed by atoms with van der Waals surface area (Å²) in [4.78, 5) is 30.2. The molecule has 0 bridgehead atoms. The first-order valence-corrected chi connectivity index (χ1v) is 10.9. The average Bonchev–Trinajstić information content (AvgIpc) is 3.22. The number of fused-ring (bicyclic) bond motifs is 1. The van der Waals surface area contributed by atoms with Crippen LogP contribution in [0.5, 0.6) is 0 Å². The lowest BCUT2D eigenvalue weighted by Crippen LogP contribution is -2.39. The van der Waals surface area contributed by atoms with Crippen molar-refractivity contribution in [2.24, 2.45) is 5.92 Å². The molecule has 156 valence electrons. The summed E-state index contributed by atoms with van der Waals surface area (Å²) in [6.45, 7) is 2.13. The van der Waals surface area contributed by atoms with Crippen molar-refractivity contribution < 1.29 is 9.59 Å². The summed E-state index contributed by atoms with van der Waals surface area (Å²) in [5, 5.41) is 4.11. The van der Waals surface area contributed by atoms with Crippen LogP contribution >= 0.6 is 0 Å². The zero-order chi connectivity index (χ0) is 20.8. The number of hydrogen-bond donors (Lipinski definition) is 2. The van der Waals surface area contributed by atoms with E-state index >= 15 is 0 Å². The van der Waals surface area contributed by atoms with E-state index in [0.717, 1.165) is 36.6 Å². The van der Waals surface area contributed by atoms with Crippen LogP contribution in [-0.2, 0) is 11.2 Å². The lowest BCUT2D eigenvalue weighted by molar-refractivity contribution is -0.122. The number of likely N-dealkylation sites (tertiary alicyclic amines) is 1. The second-order valence-electron chi connectivity index (χ2n) is 8.15. The second kappa shape index (κ2) is 9.61. The van der Waals surface area contributed by atoms with Gasteiger partial charge in [-0.2, -0.15) is 0 Å². The molecular weight excluding hydrogens is 374 g/mol. The van der Waals surface area contributed by atoms with Gasteiger partial charge in [0, 0.05) is 37.0 Å². The van der Waals surface area contributed by atoms with E-state index in [1.807, 2.05) is 53.4 Å². The van der Waals surface area contributed by atoms with Crippen molar-refractivity contribution >= 4 is 22.7 Å². The first kappa shape index (κ1) is 20.2. The van der Waals surface area contributed by atoms with Gasteiger partial charge in [-0.05, 0) is 49.3 Å². The molecule has 1 fully saturated rings. The summed E-state index contributed by atoms with van der Waals surface area (Å²) in [5.41, 5.74) is 2.93. The van der Waals surface area contributed by atoms with E-state index < -0.39 is 0 Å². The topological polar surface area (TPSA) is 65.2 Å². The molecular formula is C25H29N3O2. The molecule has 2 amide bonds. The van der Waals surface area contributed by atoms with Crippen molar-refractivity contribution in [3.05, 3.63) is 71.9 Å². The second-order valence-corrected chi connectivity index (χ2v) is 8.15. The molecule has 0 unspecified atom stereocenters. The van der Waals surface area contributed by atoms with Crippen molar-refractivity contribution in [1.82, 2.24) is 15.2 Å². The predicted octanol–water partition coefficient (Wildman–Crippen LogP) is 4.16. The van der Waals surface area contributed by atoms with E-state index in [0.29, 0.717) is 37.7 Å². The van der Waals surface area contributed by atoms with Gasteiger partial charge < -0.3 is 15.2 Å². The number of rotatable bonds is 7. The molecule has 30 heavy (non-hydrogen) atoms. The largest absolute Gasteiger partial charge is 0.356 e. The van der Waals surface area contributed by atoms with Gasteiger partial charge in [0.05, 0.1) is 0 Å². The van der Waals surface area contributed by atoms with E-state index in [9.17, 15) is 9.59 Å². The monoisotopic (exact) mass is 403 g/mol. The predicted molar refractivity (Wildman–Crippen MR) is 119 cm³/mol. The standard InChI is InChI=1S/C25H29N3O2/c29-24(26-14-6-9-19-7-2-1-3-8-19)17-20-12-15-28(16-13-20)25(30)23-18-21-10-4-5-11-22(21)27-23/h1-5,7-8,10-11,18,20,27H,6,9,12-17H2,(H,26,29). The van der Waals surface area contributed by atoms with Crippen LogP contribution in [0, 0.1) is 5.92 Å². The van der Waals surface area contributed by atoms with Crippen molar-refractivity contribution in [1.29, 1.82) is 0 Å². The van der Waals surface area contributed by atoms with Gasteiger partial charge in [0.1, 0.15) is 5.69 Å². The first-order valence-electron chi connectivity index (χ1n) is 10.9. The summed E-state index contributed by atoms with van der Waals surface area (Å²) in [5.74, 6) is 0.532. The number of piperidine rings is 1. The van der Waals surface area contributed by atoms with E-state index in [2.05, 4.69) is 22.4 Å². The van der Waals surface area contributed by atoms with Crippen LogP contribution in [0.1, 0.15) is 41.7 Å². The van der Waals surface area contributed by atoms with Crippen LogP contribution < -0.4 is 5.32 Å². The van der Waals surface area contributed by atoms with E-state index in [1.165, 1.54) is 5.56 Å². The molecule has 3 aromatic rings. The lowest BCUT2D eigenvalue weighted by atomic mass is 9.93. The van der Waals surface area contributed by atoms with Gasteiger partial charge in [0.2, 0.25) is 5.91 Å². The molecule has 2 N–H and O–H groups in total. The first-order chi connectivity index (χ1) is 14.7. The third-order valence-electron chi connectivity index (χ3n) is 5.94. The Labute approximate surface area is 177 Å². The molecule has 0 saturated carbocycles. The van der Waals surface area contributed by atoms with Crippen molar-refractivity contribution in [3.8, 4) is 0 Å². The summed E-state index contributed by atoms with van der Waals surface area (Å²) in [7, 11) is 0. The number of amides is 2. The van der Waals surface area contributed by atoms with Gasteiger partial charge in [-0.1, -0.05) is 48.5 Å². The van der Waals surface area contributed by atoms with Crippen molar-refractivity contribution in [2.75, 3.05) is 19.6 Å². The van der Waals surface area contributed by atoms with Crippen LogP contribution in [0.15, 0.2) is 60.7 Å². The summed E-state index contributed by atoms with van der Waals surface area (Å²) >= 11 is 0. The molecule has 1 saturated heterocycles. The Hall–Kier alpha value is -3.08. The van der Waals surface area contributed by atoms with Gasteiger partial charge in [-0.25, -0.2) is 0 Å². The van der Waals surface area contributed by atoms with Gasteiger partial charge in [-0.3, -0.25) is 9.59 Å². The van der Waals surface area contributed by atoms with Gasteiger partial charge in [0.15, 0.2) is 0 Å². The Morgan fingerprint density at radius 2 is 1.73 bits per heavy atom. The number of benzene rings is 2. The Morgan fingerprint density at radius 1 is 1.00 bits per heavy atom. The van der Waals surface area contributed by atoms with Gasteiger partial charge in [-0.15, -0.1) is 0 Å². The smallest absolute Gasteiger partial charge is 0.270 e. The Bertz CT molecular complexity index is 955. The maximum absolute atomic E-state index is 12.8. The van der Waals surface area contributed by atoms with Gasteiger partial charge >= 0.3 is 0 Å². The van der Waals surface area contributed by atoms with Crippen molar-refractivity contribution in [2.45, 2.75) is 32.1 Å². The number of carbonyl (C=O) groups is 2. The molecule has 0 atom stereocenters. The Morgan fingerprint density at radius 3 is 2.50 bits per heavy atom. The van der Waals surface area contributed by atoms with Crippen LogP contribution in [0.3, 0.4) is 0 Å². The highest BCUT2D eigenvalue weighted by Gasteiger charge is 2.25. The molecule has 1 aliphatic rings. The molecule has 0 spiro atoms. The average molecular weight is 404 g/mol. The molecule has 1 aromatic heterocycles. The van der Waals surface area contributed by atoms with E-state index in [-0.39, 0.29) is 11.8 Å². The van der Waals surface area contributed by atoms with E-state index in [4.69, 9.17) is 0 Å². The fourth-order valence-corrected chi connectivity index (χ4v) is 4.20. The number of aromatic nitrogens is 1. The van der Waals surface area contributed by atoms with Crippen LogP contribution in [0.4, 0.5) is 0 Å². The number of nitrogens with zero attached hydrogens (tertiary/aromatic N) is 1. The zero-order valence-electron chi connectivity index (χ0n) is 17.3. The number of aromatic amines is 1. The molecule has 1 aliphatic heterocycles.